The van der Waals surface area contributed by atoms with Crippen LogP contribution in [0.4, 0.5) is 5.69 Å². The molecule has 6 heteroatoms. The second kappa shape index (κ2) is 8.46. The quantitative estimate of drug-likeness (QED) is 0.644. The van der Waals surface area contributed by atoms with E-state index in [0.29, 0.717) is 5.69 Å². The Balaban J connectivity index is 1.70. The molecule has 1 atom stereocenters. The Labute approximate surface area is 178 Å². The molecule has 1 aliphatic heterocycles. The lowest BCUT2D eigenvalue weighted by atomic mass is 10.1. The number of nitrogens with zero attached hydrogens (tertiary/aromatic N) is 5. The molecule has 0 N–H and O–H groups in total. The van der Waals surface area contributed by atoms with Gasteiger partial charge in [-0.05, 0) is 44.4 Å². The molecule has 1 aliphatic rings. The molecule has 0 saturated carbocycles. The Morgan fingerprint density at radius 3 is 2.60 bits per heavy atom. The zero-order valence-corrected chi connectivity index (χ0v) is 18.4. The molecule has 1 unspecified atom stereocenters. The van der Waals surface area contributed by atoms with Gasteiger partial charge in [0.2, 0.25) is 0 Å². The zero-order valence-electron chi connectivity index (χ0n) is 18.4. The fraction of sp³-hybridized carbons (Fsp3) is 0.458. The van der Waals surface area contributed by atoms with Crippen molar-refractivity contribution in [3.8, 4) is 11.3 Å². The molecule has 3 aromatic rings. The third-order valence-corrected chi connectivity index (χ3v) is 6.08. The number of fused-ring (bicyclic) bond motifs is 1. The number of hydrogen-bond donors (Lipinski definition) is 0. The molecular formula is C24H31N5O. The van der Waals surface area contributed by atoms with Crippen molar-refractivity contribution in [3.63, 3.8) is 0 Å². The standard InChI is InChI=1S/C24H31N5O/c1-5-19-15-22(24(30)28-14-8-6-7-9-17(28)2)25-23-16-21(26-29(19)23)18-10-12-20(13-11-18)27(3)4/h10-13,15-17H,5-9,14H2,1-4H3. The van der Waals surface area contributed by atoms with Crippen LogP contribution >= 0.6 is 0 Å². The summed E-state index contributed by atoms with van der Waals surface area (Å²) >= 11 is 0. The maximum Gasteiger partial charge on any atom is 0.272 e. The molecule has 2 aromatic heterocycles. The van der Waals surface area contributed by atoms with Crippen LogP contribution in [0.15, 0.2) is 36.4 Å². The minimum Gasteiger partial charge on any atom is -0.378 e. The third-order valence-electron chi connectivity index (χ3n) is 6.08. The predicted octanol–water partition coefficient (Wildman–Crippen LogP) is 4.43. The lowest BCUT2D eigenvalue weighted by molar-refractivity contribution is 0.0692. The largest absolute Gasteiger partial charge is 0.378 e. The summed E-state index contributed by atoms with van der Waals surface area (Å²) in [6, 6.07) is 12.5. The number of aromatic nitrogens is 3. The van der Waals surface area contributed by atoms with Crippen molar-refractivity contribution in [2.45, 2.75) is 52.0 Å². The summed E-state index contributed by atoms with van der Waals surface area (Å²) in [6.45, 7) is 5.05. The van der Waals surface area contributed by atoms with Crippen molar-refractivity contribution >= 4 is 17.2 Å². The maximum absolute atomic E-state index is 13.3. The molecule has 6 nitrogen and oxygen atoms in total. The summed E-state index contributed by atoms with van der Waals surface area (Å²) in [7, 11) is 4.06. The van der Waals surface area contributed by atoms with Gasteiger partial charge >= 0.3 is 0 Å². The van der Waals surface area contributed by atoms with Gasteiger partial charge in [-0.3, -0.25) is 4.79 Å². The summed E-state index contributed by atoms with van der Waals surface area (Å²) in [5.41, 5.74) is 5.32. The highest BCUT2D eigenvalue weighted by Gasteiger charge is 2.25. The van der Waals surface area contributed by atoms with Gasteiger partial charge in [0, 0.05) is 49.7 Å². The molecule has 0 aliphatic carbocycles. The number of hydrogen-bond acceptors (Lipinski definition) is 4. The van der Waals surface area contributed by atoms with Crippen molar-refractivity contribution in [2.75, 3.05) is 25.5 Å². The van der Waals surface area contributed by atoms with Gasteiger partial charge in [-0.25, -0.2) is 9.50 Å². The second-order valence-corrected chi connectivity index (χ2v) is 8.42. The van der Waals surface area contributed by atoms with Crippen LogP contribution in [0.25, 0.3) is 16.9 Å². The smallest absolute Gasteiger partial charge is 0.272 e. The van der Waals surface area contributed by atoms with Crippen LogP contribution in [0.1, 0.15) is 55.7 Å². The topological polar surface area (TPSA) is 53.7 Å². The van der Waals surface area contributed by atoms with Crippen LogP contribution in [-0.2, 0) is 6.42 Å². The fourth-order valence-corrected chi connectivity index (χ4v) is 4.19. The van der Waals surface area contributed by atoms with E-state index in [4.69, 9.17) is 10.1 Å². The third kappa shape index (κ3) is 3.91. The summed E-state index contributed by atoms with van der Waals surface area (Å²) in [5, 5.41) is 4.79. The van der Waals surface area contributed by atoms with E-state index in [-0.39, 0.29) is 11.9 Å². The zero-order chi connectivity index (χ0) is 21.3. The van der Waals surface area contributed by atoms with Gasteiger partial charge in [0.05, 0.1) is 5.69 Å². The molecule has 0 spiro atoms. The molecule has 1 fully saturated rings. The van der Waals surface area contributed by atoms with Crippen molar-refractivity contribution in [1.29, 1.82) is 0 Å². The summed E-state index contributed by atoms with van der Waals surface area (Å²) in [5.74, 6) is 0.0414. The number of rotatable bonds is 4. The summed E-state index contributed by atoms with van der Waals surface area (Å²) in [4.78, 5) is 22.1. The number of amides is 1. The molecule has 4 rings (SSSR count). The van der Waals surface area contributed by atoms with E-state index in [9.17, 15) is 4.79 Å². The van der Waals surface area contributed by atoms with Crippen LogP contribution in [0.2, 0.25) is 0 Å². The Bertz CT molecular complexity index is 1040. The summed E-state index contributed by atoms with van der Waals surface area (Å²) < 4.78 is 1.87. The number of benzene rings is 1. The molecule has 30 heavy (non-hydrogen) atoms. The van der Waals surface area contributed by atoms with E-state index < -0.39 is 0 Å². The van der Waals surface area contributed by atoms with E-state index in [2.05, 4.69) is 43.0 Å². The van der Waals surface area contributed by atoms with Gasteiger partial charge in [0.1, 0.15) is 5.69 Å². The molecule has 158 valence electrons. The molecule has 1 saturated heterocycles. The first-order valence-corrected chi connectivity index (χ1v) is 11.0. The van der Waals surface area contributed by atoms with Crippen LogP contribution in [0.3, 0.4) is 0 Å². The Kier molecular flexibility index (Phi) is 5.75. The monoisotopic (exact) mass is 405 g/mol. The lowest BCUT2D eigenvalue weighted by Gasteiger charge is -2.27. The summed E-state index contributed by atoms with van der Waals surface area (Å²) in [6.07, 6.45) is 5.30. The first-order valence-electron chi connectivity index (χ1n) is 11.0. The van der Waals surface area contributed by atoms with Gasteiger partial charge in [0.25, 0.3) is 5.91 Å². The lowest BCUT2D eigenvalue weighted by Crippen LogP contribution is -2.38. The normalized spacial score (nSPS) is 17.2. The van der Waals surface area contributed by atoms with Gasteiger partial charge in [-0.15, -0.1) is 0 Å². The number of carbonyl (C=O) groups excluding carboxylic acids is 1. The van der Waals surface area contributed by atoms with Gasteiger partial charge in [0.15, 0.2) is 5.65 Å². The van der Waals surface area contributed by atoms with Crippen molar-refractivity contribution in [3.05, 3.63) is 47.8 Å². The molecule has 1 aromatic carbocycles. The number of carbonyl (C=O) groups is 1. The molecule has 3 heterocycles. The predicted molar refractivity (Wildman–Crippen MR) is 121 cm³/mol. The molecular weight excluding hydrogens is 374 g/mol. The number of aryl methyl sites for hydroxylation is 1. The van der Waals surface area contributed by atoms with Gasteiger partial charge in [-0.2, -0.15) is 5.10 Å². The van der Waals surface area contributed by atoms with Crippen molar-refractivity contribution in [1.82, 2.24) is 19.5 Å². The highest BCUT2D eigenvalue weighted by Crippen LogP contribution is 2.24. The average molecular weight is 406 g/mol. The SMILES string of the molecule is CCc1cc(C(=O)N2CCCCCC2C)nc2cc(-c3ccc(N(C)C)cc3)nn12. The minimum absolute atomic E-state index is 0.0414. The van der Waals surface area contributed by atoms with Crippen LogP contribution in [0.5, 0.6) is 0 Å². The Morgan fingerprint density at radius 1 is 1.13 bits per heavy atom. The fourth-order valence-electron chi connectivity index (χ4n) is 4.19. The van der Waals surface area contributed by atoms with Crippen LogP contribution in [-0.4, -0.2) is 52.1 Å². The first kappa shape index (κ1) is 20.4. The van der Waals surface area contributed by atoms with Gasteiger partial charge < -0.3 is 9.80 Å². The minimum atomic E-state index is 0.0414. The van der Waals surface area contributed by atoms with Crippen molar-refractivity contribution in [2.24, 2.45) is 0 Å². The van der Waals surface area contributed by atoms with Crippen LogP contribution in [0, 0.1) is 0 Å². The van der Waals surface area contributed by atoms with E-state index in [1.165, 1.54) is 12.8 Å². The van der Waals surface area contributed by atoms with Crippen molar-refractivity contribution < 1.29 is 4.79 Å². The second-order valence-electron chi connectivity index (χ2n) is 8.42. The highest BCUT2D eigenvalue weighted by molar-refractivity contribution is 5.93. The Morgan fingerprint density at radius 2 is 1.90 bits per heavy atom. The van der Waals surface area contributed by atoms with Gasteiger partial charge in [-0.1, -0.05) is 31.9 Å². The molecule has 0 radical (unpaired) electrons. The van der Waals surface area contributed by atoms with E-state index in [1.54, 1.807) is 0 Å². The molecule has 0 bridgehead atoms. The maximum atomic E-state index is 13.3. The number of likely N-dealkylation sites (tertiary alicyclic amines) is 1. The number of anilines is 1. The van der Waals surface area contributed by atoms with E-state index in [0.717, 1.165) is 54.1 Å². The van der Waals surface area contributed by atoms with E-state index in [1.807, 2.05) is 35.6 Å². The Hall–Kier alpha value is -2.89. The first-order chi connectivity index (χ1) is 14.5. The molecule has 1 amide bonds. The van der Waals surface area contributed by atoms with E-state index >= 15 is 0 Å². The van der Waals surface area contributed by atoms with Crippen LogP contribution < -0.4 is 4.90 Å². The average Bonchev–Trinajstić information content (AvgIpc) is 3.07. The highest BCUT2D eigenvalue weighted by atomic mass is 16.2.